The molecule has 2 heterocycles. The number of aryl methyl sites for hydroxylation is 1. The Hall–Kier alpha value is -0.740. The number of hydrogen-bond acceptors (Lipinski definition) is 4. The van der Waals surface area contributed by atoms with Gasteiger partial charge in [-0.1, -0.05) is 0 Å². The molecule has 1 saturated heterocycles. The average molecular weight is 210 g/mol. The fourth-order valence-corrected chi connectivity index (χ4v) is 2.36. The minimum Gasteiger partial charge on any atom is -0.307 e. The van der Waals surface area contributed by atoms with Crippen molar-refractivity contribution in [1.29, 1.82) is 0 Å². The Bertz CT molecular complexity index is 329. The van der Waals surface area contributed by atoms with Gasteiger partial charge < -0.3 is 5.32 Å². The van der Waals surface area contributed by atoms with E-state index < -0.39 is 0 Å². The number of thiazole rings is 1. The fourth-order valence-electron chi connectivity index (χ4n) is 1.75. The van der Waals surface area contributed by atoms with Crippen molar-refractivity contribution >= 4 is 17.1 Å². The molecule has 0 saturated carbocycles. The van der Waals surface area contributed by atoms with Crippen molar-refractivity contribution in [3.8, 4) is 0 Å². The first-order chi connectivity index (χ1) is 6.75. The quantitative estimate of drug-likeness (QED) is 0.818. The van der Waals surface area contributed by atoms with E-state index in [0.717, 1.165) is 30.1 Å². The lowest BCUT2D eigenvalue weighted by molar-refractivity contribution is -0.120. The summed E-state index contributed by atoms with van der Waals surface area (Å²) in [6, 6.07) is 0.0806. The van der Waals surface area contributed by atoms with Crippen molar-refractivity contribution in [1.82, 2.24) is 10.3 Å². The van der Waals surface area contributed by atoms with Crippen LogP contribution in [0.1, 0.15) is 23.5 Å². The van der Waals surface area contributed by atoms with E-state index in [4.69, 9.17) is 0 Å². The number of Topliss-reactive ketones (excluding diaryl/α,β-unsaturated/α-hetero) is 1. The predicted octanol–water partition coefficient (Wildman–Crippen LogP) is 1.32. The standard InChI is InChI=1S/C10H14N2OS/c1-7-12-8(6-14-7)5-10(13)9-3-2-4-11-9/h6,9,11H,2-5H2,1H3. The smallest absolute Gasteiger partial charge is 0.155 e. The van der Waals surface area contributed by atoms with Crippen LogP contribution in [0.5, 0.6) is 0 Å². The molecule has 0 aromatic carbocycles. The van der Waals surface area contributed by atoms with Crippen LogP contribution in [0, 0.1) is 6.92 Å². The first kappa shape index (κ1) is 9.80. The largest absolute Gasteiger partial charge is 0.307 e. The van der Waals surface area contributed by atoms with Crippen LogP contribution in [0.3, 0.4) is 0 Å². The van der Waals surface area contributed by atoms with Crippen LogP contribution in [-0.4, -0.2) is 23.4 Å². The van der Waals surface area contributed by atoms with Gasteiger partial charge in [0.1, 0.15) is 0 Å². The van der Waals surface area contributed by atoms with E-state index in [1.807, 2.05) is 12.3 Å². The zero-order valence-corrected chi connectivity index (χ0v) is 9.06. The maximum Gasteiger partial charge on any atom is 0.155 e. The molecule has 1 aliphatic heterocycles. The molecular formula is C10H14N2OS. The van der Waals surface area contributed by atoms with Gasteiger partial charge in [0.05, 0.1) is 23.2 Å². The molecule has 2 rings (SSSR count). The van der Waals surface area contributed by atoms with Gasteiger partial charge in [-0.05, 0) is 26.3 Å². The summed E-state index contributed by atoms with van der Waals surface area (Å²) in [6.45, 7) is 2.94. The topological polar surface area (TPSA) is 42.0 Å². The highest BCUT2D eigenvalue weighted by molar-refractivity contribution is 7.09. The lowest BCUT2D eigenvalue weighted by Crippen LogP contribution is -2.31. The molecular weight excluding hydrogens is 196 g/mol. The number of rotatable bonds is 3. The third-order valence-electron chi connectivity index (χ3n) is 2.47. The van der Waals surface area contributed by atoms with Crippen LogP contribution in [-0.2, 0) is 11.2 Å². The molecule has 0 aliphatic carbocycles. The van der Waals surface area contributed by atoms with Crippen molar-refractivity contribution < 1.29 is 4.79 Å². The lowest BCUT2D eigenvalue weighted by atomic mass is 10.1. The zero-order valence-electron chi connectivity index (χ0n) is 8.25. The third-order valence-corrected chi connectivity index (χ3v) is 3.29. The molecule has 4 heteroatoms. The van der Waals surface area contributed by atoms with E-state index in [-0.39, 0.29) is 11.8 Å². The minimum atomic E-state index is 0.0806. The van der Waals surface area contributed by atoms with Gasteiger partial charge in [0, 0.05) is 5.38 Å². The summed E-state index contributed by atoms with van der Waals surface area (Å²) in [7, 11) is 0. The molecule has 1 N–H and O–H groups in total. The Morgan fingerprint density at radius 1 is 1.79 bits per heavy atom. The van der Waals surface area contributed by atoms with Gasteiger partial charge in [0.15, 0.2) is 5.78 Å². The van der Waals surface area contributed by atoms with Gasteiger partial charge >= 0.3 is 0 Å². The number of carbonyl (C=O) groups excluding carboxylic acids is 1. The van der Waals surface area contributed by atoms with Crippen LogP contribution >= 0.6 is 11.3 Å². The summed E-state index contributed by atoms with van der Waals surface area (Å²) >= 11 is 1.61. The molecule has 1 aliphatic rings. The molecule has 0 spiro atoms. The van der Waals surface area contributed by atoms with Gasteiger partial charge in [0.25, 0.3) is 0 Å². The summed E-state index contributed by atoms with van der Waals surface area (Å²) in [5, 5.41) is 6.22. The molecule has 1 atom stereocenters. The van der Waals surface area contributed by atoms with Gasteiger partial charge in [-0.3, -0.25) is 4.79 Å². The summed E-state index contributed by atoms with van der Waals surface area (Å²) in [6.07, 6.45) is 2.59. The van der Waals surface area contributed by atoms with Gasteiger partial charge in [-0.2, -0.15) is 0 Å². The second-order valence-corrected chi connectivity index (χ2v) is 4.71. The average Bonchev–Trinajstić information content (AvgIpc) is 2.75. The van der Waals surface area contributed by atoms with E-state index in [9.17, 15) is 4.79 Å². The molecule has 0 bridgehead atoms. The number of carbonyl (C=O) groups is 1. The summed E-state index contributed by atoms with van der Waals surface area (Å²) in [5.74, 6) is 0.285. The number of nitrogens with zero attached hydrogens (tertiary/aromatic N) is 1. The molecule has 1 fully saturated rings. The van der Waals surface area contributed by atoms with Crippen molar-refractivity contribution in [3.63, 3.8) is 0 Å². The Balaban J connectivity index is 1.93. The maximum absolute atomic E-state index is 11.7. The number of hydrogen-bond donors (Lipinski definition) is 1. The summed E-state index contributed by atoms with van der Waals surface area (Å²) in [4.78, 5) is 16.0. The van der Waals surface area contributed by atoms with E-state index in [0.29, 0.717) is 6.42 Å². The lowest BCUT2D eigenvalue weighted by Gasteiger charge is -2.06. The monoisotopic (exact) mass is 210 g/mol. The van der Waals surface area contributed by atoms with Crippen LogP contribution in [0.15, 0.2) is 5.38 Å². The van der Waals surface area contributed by atoms with Gasteiger partial charge in [0.2, 0.25) is 0 Å². The number of ketones is 1. The molecule has 14 heavy (non-hydrogen) atoms. The molecule has 76 valence electrons. The van der Waals surface area contributed by atoms with E-state index >= 15 is 0 Å². The molecule has 0 radical (unpaired) electrons. The van der Waals surface area contributed by atoms with Gasteiger partial charge in [-0.25, -0.2) is 4.98 Å². The zero-order chi connectivity index (χ0) is 9.97. The van der Waals surface area contributed by atoms with Crippen molar-refractivity contribution in [2.24, 2.45) is 0 Å². The Kier molecular flexibility index (Phi) is 2.93. The second-order valence-electron chi connectivity index (χ2n) is 3.65. The molecule has 1 unspecified atom stereocenters. The first-order valence-corrected chi connectivity index (χ1v) is 5.81. The number of aromatic nitrogens is 1. The Labute approximate surface area is 87.6 Å². The highest BCUT2D eigenvalue weighted by Crippen LogP contribution is 2.12. The van der Waals surface area contributed by atoms with Crippen molar-refractivity contribution in [2.75, 3.05) is 6.54 Å². The predicted molar refractivity (Wildman–Crippen MR) is 56.6 cm³/mol. The SMILES string of the molecule is Cc1nc(CC(=O)C2CCCN2)cs1. The van der Waals surface area contributed by atoms with Crippen molar-refractivity contribution in [3.05, 3.63) is 16.1 Å². The van der Waals surface area contributed by atoms with Crippen LogP contribution in [0.25, 0.3) is 0 Å². The molecule has 3 nitrogen and oxygen atoms in total. The first-order valence-electron chi connectivity index (χ1n) is 4.93. The molecule has 0 amide bonds. The fraction of sp³-hybridized carbons (Fsp3) is 0.600. The summed E-state index contributed by atoms with van der Waals surface area (Å²) < 4.78 is 0. The van der Waals surface area contributed by atoms with E-state index in [2.05, 4.69) is 10.3 Å². The normalized spacial score (nSPS) is 21.4. The van der Waals surface area contributed by atoms with Crippen LogP contribution in [0.2, 0.25) is 0 Å². The highest BCUT2D eigenvalue weighted by atomic mass is 32.1. The van der Waals surface area contributed by atoms with Gasteiger partial charge in [-0.15, -0.1) is 11.3 Å². The highest BCUT2D eigenvalue weighted by Gasteiger charge is 2.22. The maximum atomic E-state index is 11.7. The number of nitrogens with one attached hydrogen (secondary N) is 1. The third kappa shape index (κ3) is 2.19. The van der Waals surface area contributed by atoms with Crippen LogP contribution < -0.4 is 5.32 Å². The van der Waals surface area contributed by atoms with E-state index in [1.165, 1.54) is 0 Å². The molecule has 1 aromatic rings. The molecule has 1 aromatic heterocycles. The van der Waals surface area contributed by atoms with Crippen LogP contribution in [0.4, 0.5) is 0 Å². The Morgan fingerprint density at radius 2 is 2.64 bits per heavy atom. The van der Waals surface area contributed by atoms with Crippen molar-refractivity contribution in [2.45, 2.75) is 32.2 Å². The van der Waals surface area contributed by atoms with E-state index in [1.54, 1.807) is 11.3 Å². The minimum absolute atomic E-state index is 0.0806. The Morgan fingerprint density at radius 3 is 3.21 bits per heavy atom. The summed E-state index contributed by atoms with van der Waals surface area (Å²) in [5.41, 5.74) is 0.922. The second kappa shape index (κ2) is 4.19.